The number of benzene rings is 2. The predicted molar refractivity (Wildman–Crippen MR) is 109 cm³/mol. The molecule has 29 heavy (non-hydrogen) atoms. The first-order valence-electron chi connectivity index (χ1n) is 9.24. The molecule has 0 spiro atoms. The Morgan fingerprint density at radius 3 is 2.66 bits per heavy atom. The van der Waals surface area contributed by atoms with Crippen LogP contribution in [0.25, 0.3) is 16.7 Å². The number of aromatic nitrogens is 4. The zero-order valence-electron chi connectivity index (χ0n) is 16.2. The summed E-state index contributed by atoms with van der Waals surface area (Å²) in [5.74, 6) is -0.501. The van der Waals surface area contributed by atoms with Gasteiger partial charge in [0, 0.05) is 0 Å². The highest BCUT2D eigenvalue weighted by Crippen LogP contribution is 2.19. The molecule has 0 atom stereocenters. The largest absolute Gasteiger partial charge is 0.459 e. The highest BCUT2D eigenvalue weighted by Gasteiger charge is 2.15. The second kappa shape index (κ2) is 7.71. The first-order valence-corrected chi connectivity index (χ1v) is 9.24. The van der Waals surface area contributed by atoms with Gasteiger partial charge < -0.3 is 4.74 Å². The number of carbonyl (C=O) groups excluding carboxylic acids is 1. The lowest BCUT2D eigenvalue weighted by Gasteiger charge is -2.10. The first kappa shape index (κ1) is 18.6. The third-order valence-electron chi connectivity index (χ3n) is 4.90. The standard InChI is InChI=1S/C22H20N4O3/c1-15-7-6-10-19(16(15)2)26-21-18(11-24-26)22(28)25(14-23-21)12-20(27)29-13-17-8-4-3-5-9-17/h3-11,14H,12-13H2,1-2H3. The molecule has 7 heteroatoms. The van der Waals surface area contributed by atoms with Crippen LogP contribution in [0.1, 0.15) is 16.7 Å². The SMILES string of the molecule is Cc1cccc(-n2ncc3c(=O)n(CC(=O)OCc4ccccc4)cnc32)c1C. The van der Waals surface area contributed by atoms with Crippen molar-refractivity contribution in [3.8, 4) is 5.69 Å². The van der Waals surface area contributed by atoms with Crippen LogP contribution in [0.15, 0.2) is 65.8 Å². The van der Waals surface area contributed by atoms with Gasteiger partial charge in [-0.3, -0.25) is 14.2 Å². The lowest BCUT2D eigenvalue weighted by molar-refractivity contribution is -0.145. The lowest BCUT2D eigenvalue weighted by Crippen LogP contribution is -2.25. The number of nitrogens with zero attached hydrogens (tertiary/aromatic N) is 4. The number of esters is 1. The Bertz CT molecular complexity index is 1240. The van der Waals surface area contributed by atoms with E-state index in [0.29, 0.717) is 11.0 Å². The molecule has 0 radical (unpaired) electrons. The summed E-state index contributed by atoms with van der Waals surface area (Å²) in [4.78, 5) is 29.3. The zero-order chi connectivity index (χ0) is 20.4. The maximum absolute atomic E-state index is 12.8. The van der Waals surface area contributed by atoms with E-state index in [4.69, 9.17) is 4.74 Å². The van der Waals surface area contributed by atoms with Crippen molar-refractivity contribution in [2.45, 2.75) is 27.0 Å². The van der Waals surface area contributed by atoms with Gasteiger partial charge in [0.1, 0.15) is 24.9 Å². The molecule has 2 heterocycles. The number of rotatable bonds is 5. The molecule has 4 rings (SSSR count). The van der Waals surface area contributed by atoms with Gasteiger partial charge in [-0.1, -0.05) is 42.5 Å². The van der Waals surface area contributed by atoms with Gasteiger partial charge in [-0.2, -0.15) is 5.10 Å². The van der Waals surface area contributed by atoms with Crippen LogP contribution in [0.2, 0.25) is 0 Å². The highest BCUT2D eigenvalue weighted by molar-refractivity contribution is 5.76. The fourth-order valence-electron chi connectivity index (χ4n) is 3.13. The normalized spacial score (nSPS) is 11.0. The molecule has 2 aromatic heterocycles. The molecule has 0 N–H and O–H groups in total. The molecule has 0 aliphatic carbocycles. The highest BCUT2D eigenvalue weighted by atomic mass is 16.5. The summed E-state index contributed by atoms with van der Waals surface area (Å²) in [5.41, 5.74) is 4.07. The maximum Gasteiger partial charge on any atom is 0.326 e. The maximum atomic E-state index is 12.8. The summed E-state index contributed by atoms with van der Waals surface area (Å²) < 4.78 is 8.15. The van der Waals surface area contributed by atoms with E-state index >= 15 is 0 Å². The predicted octanol–water partition coefficient (Wildman–Crippen LogP) is 2.94. The van der Waals surface area contributed by atoms with E-state index in [1.54, 1.807) is 4.68 Å². The van der Waals surface area contributed by atoms with Crippen molar-refractivity contribution in [1.82, 2.24) is 19.3 Å². The minimum Gasteiger partial charge on any atom is -0.459 e. The van der Waals surface area contributed by atoms with Crippen molar-refractivity contribution in [1.29, 1.82) is 0 Å². The molecule has 0 aliphatic rings. The molecule has 4 aromatic rings. The van der Waals surface area contributed by atoms with E-state index in [-0.39, 0.29) is 18.7 Å². The Morgan fingerprint density at radius 1 is 1.07 bits per heavy atom. The van der Waals surface area contributed by atoms with E-state index < -0.39 is 5.97 Å². The summed E-state index contributed by atoms with van der Waals surface area (Å²) in [6, 6.07) is 15.3. The molecule has 0 saturated carbocycles. The van der Waals surface area contributed by atoms with Gasteiger partial charge in [0.15, 0.2) is 5.65 Å². The Morgan fingerprint density at radius 2 is 1.86 bits per heavy atom. The molecule has 0 amide bonds. The lowest BCUT2D eigenvalue weighted by atomic mass is 10.1. The Labute approximate surface area is 167 Å². The fourth-order valence-corrected chi connectivity index (χ4v) is 3.13. The molecular weight excluding hydrogens is 368 g/mol. The summed E-state index contributed by atoms with van der Waals surface area (Å²) in [5, 5.41) is 4.70. The molecule has 0 aliphatic heterocycles. The number of carbonyl (C=O) groups is 1. The van der Waals surface area contributed by atoms with Gasteiger partial charge in [-0.05, 0) is 36.6 Å². The van der Waals surface area contributed by atoms with Crippen LogP contribution in [-0.2, 0) is 22.7 Å². The minimum atomic E-state index is -0.501. The molecular formula is C22H20N4O3. The van der Waals surface area contributed by atoms with E-state index in [1.807, 2.05) is 62.4 Å². The van der Waals surface area contributed by atoms with E-state index in [1.165, 1.54) is 17.1 Å². The van der Waals surface area contributed by atoms with Crippen molar-refractivity contribution in [2.75, 3.05) is 0 Å². The van der Waals surface area contributed by atoms with Crippen LogP contribution in [0.4, 0.5) is 0 Å². The Hall–Kier alpha value is -3.74. The van der Waals surface area contributed by atoms with Gasteiger partial charge in [-0.15, -0.1) is 0 Å². The number of hydrogen-bond acceptors (Lipinski definition) is 5. The summed E-state index contributed by atoms with van der Waals surface area (Å²) >= 11 is 0. The molecule has 2 aromatic carbocycles. The van der Waals surface area contributed by atoms with Crippen molar-refractivity contribution in [3.63, 3.8) is 0 Å². The second-order valence-electron chi connectivity index (χ2n) is 6.84. The van der Waals surface area contributed by atoms with Crippen molar-refractivity contribution < 1.29 is 9.53 Å². The third kappa shape index (κ3) is 3.67. The van der Waals surface area contributed by atoms with Crippen molar-refractivity contribution in [2.24, 2.45) is 0 Å². The number of hydrogen-bond donors (Lipinski definition) is 0. The molecule has 0 bridgehead atoms. The van der Waals surface area contributed by atoms with Gasteiger partial charge >= 0.3 is 5.97 Å². The molecule has 0 fully saturated rings. The van der Waals surface area contributed by atoms with Gasteiger partial charge in [-0.25, -0.2) is 9.67 Å². The quantitative estimate of drug-likeness (QED) is 0.491. The van der Waals surface area contributed by atoms with Crippen molar-refractivity contribution in [3.05, 3.63) is 88.1 Å². The van der Waals surface area contributed by atoms with Crippen LogP contribution in [0.3, 0.4) is 0 Å². The van der Waals surface area contributed by atoms with Crippen LogP contribution >= 0.6 is 0 Å². The van der Waals surface area contributed by atoms with E-state index in [0.717, 1.165) is 22.4 Å². The Kier molecular flexibility index (Phi) is 4.95. The molecule has 7 nitrogen and oxygen atoms in total. The van der Waals surface area contributed by atoms with Crippen LogP contribution < -0.4 is 5.56 Å². The number of aryl methyl sites for hydroxylation is 1. The van der Waals surface area contributed by atoms with Gasteiger partial charge in [0.25, 0.3) is 5.56 Å². The fraction of sp³-hybridized carbons (Fsp3) is 0.182. The monoisotopic (exact) mass is 388 g/mol. The average molecular weight is 388 g/mol. The molecule has 146 valence electrons. The minimum absolute atomic E-state index is 0.161. The number of ether oxygens (including phenoxy) is 1. The van der Waals surface area contributed by atoms with Crippen molar-refractivity contribution >= 4 is 17.0 Å². The van der Waals surface area contributed by atoms with Crippen LogP contribution in [0, 0.1) is 13.8 Å². The van der Waals surface area contributed by atoms with Crippen LogP contribution in [-0.4, -0.2) is 25.3 Å². The first-order chi connectivity index (χ1) is 14.0. The zero-order valence-corrected chi connectivity index (χ0v) is 16.2. The summed E-state index contributed by atoms with van der Waals surface area (Å²) in [7, 11) is 0. The summed E-state index contributed by atoms with van der Waals surface area (Å²) in [6.07, 6.45) is 2.84. The molecule has 0 saturated heterocycles. The van der Waals surface area contributed by atoms with E-state index in [9.17, 15) is 9.59 Å². The average Bonchev–Trinajstić information content (AvgIpc) is 3.16. The van der Waals surface area contributed by atoms with Crippen LogP contribution in [0.5, 0.6) is 0 Å². The second-order valence-corrected chi connectivity index (χ2v) is 6.84. The Balaban J connectivity index is 1.58. The van der Waals surface area contributed by atoms with Gasteiger partial charge in [0.2, 0.25) is 0 Å². The summed E-state index contributed by atoms with van der Waals surface area (Å²) in [6.45, 7) is 3.98. The van der Waals surface area contributed by atoms with E-state index in [2.05, 4.69) is 10.1 Å². The molecule has 0 unspecified atom stereocenters. The third-order valence-corrected chi connectivity index (χ3v) is 4.90. The van der Waals surface area contributed by atoms with Gasteiger partial charge in [0.05, 0.1) is 11.9 Å². The number of fused-ring (bicyclic) bond motifs is 1. The topological polar surface area (TPSA) is 79.0 Å². The smallest absolute Gasteiger partial charge is 0.326 e.